The van der Waals surface area contributed by atoms with Crippen molar-refractivity contribution in [1.29, 1.82) is 0 Å². The maximum Gasteiger partial charge on any atom is 0.257 e. The van der Waals surface area contributed by atoms with Crippen molar-refractivity contribution in [2.75, 3.05) is 26.2 Å². The van der Waals surface area contributed by atoms with E-state index in [1.165, 1.54) is 21.9 Å². The molecule has 0 spiro atoms. The van der Waals surface area contributed by atoms with E-state index < -0.39 is 0 Å². The molecule has 1 unspecified atom stereocenters. The number of hydrogen-bond donors (Lipinski definition) is 2. The van der Waals surface area contributed by atoms with Crippen molar-refractivity contribution in [2.45, 2.75) is 18.8 Å². The maximum atomic E-state index is 13.2. The van der Waals surface area contributed by atoms with Crippen molar-refractivity contribution in [3.05, 3.63) is 71.6 Å². The zero-order valence-corrected chi connectivity index (χ0v) is 15.8. The second-order valence-corrected chi connectivity index (χ2v) is 7.68. The minimum absolute atomic E-state index is 0.0702. The Morgan fingerprint density at radius 2 is 2.04 bits per heavy atom. The van der Waals surface area contributed by atoms with Crippen LogP contribution in [0.5, 0.6) is 0 Å². The summed E-state index contributed by atoms with van der Waals surface area (Å²) in [6.07, 6.45) is 6.10. The molecule has 142 valence electrons. The highest BCUT2D eigenvalue weighted by Gasteiger charge is 2.28. The summed E-state index contributed by atoms with van der Waals surface area (Å²) < 4.78 is 0. The molecule has 1 fully saturated rings. The quantitative estimate of drug-likeness (QED) is 0.739. The molecule has 1 aromatic heterocycles. The van der Waals surface area contributed by atoms with Crippen molar-refractivity contribution < 1.29 is 4.79 Å². The number of nitrogens with zero attached hydrogens (tertiary/aromatic N) is 2. The number of hydrogen-bond acceptors (Lipinski definition) is 3. The molecule has 0 aliphatic carbocycles. The van der Waals surface area contributed by atoms with E-state index >= 15 is 0 Å². The maximum absolute atomic E-state index is 13.2. The Hall–Kier alpha value is -2.92. The number of H-pyrrole nitrogens is 1. The Morgan fingerprint density at radius 1 is 1.14 bits per heavy atom. The van der Waals surface area contributed by atoms with E-state index in [-0.39, 0.29) is 5.91 Å². The van der Waals surface area contributed by atoms with Gasteiger partial charge in [-0.2, -0.15) is 5.10 Å². The first kappa shape index (κ1) is 17.2. The van der Waals surface area contributed by atoms with Crippen LogP contribution in [-0.2, 0) is 0 Å². The standard InChI is InChI=1S/C23H24N4O/c28-23(21-14-25-26-22(21)17-7-4-11-24-13-17)27-12-10-18(15-27)20-9-3-6-16-5-1-2-8-19(16)20/h1-3,5-6,8-10,14,17,24H,4,7,11-13,15H2,(H,25,26). The summed E-state index contributed by atoms with van der Waals surface area (Å²) in [6.45, 7) is 3.24. The fourth-order valence-corrected chi connectivity index (χ4v) is 4.46. The van der Waals surface area contributed by atoms with Crippen LogP contribution in [0.4, 0.5) is 0 Å². The predicted molar refractivity (Wildman–Crippen MR) is 111 cm³/mol. The average Bonchev–Trinajstić information content (AvgIpc) is 3.43. The van der Waals surface area contributed by atoms with Crippen LogP contribution in [0.3, 0.4) is 0 Å². The lowest BCUT2D eigenvalue weighted by Crippen LogP contribution is -2.32. The van der Waals surface area contributed by atoms with Crippen molar-refractivity contribution >= 4 is 22.3 Å². The fourth-order valence-electron chi connectivity index (χ4n) is 4.46. The zero-order valence-electron chi connectivity index (χ0n) is 15.8. The van der Waals surface area contributed by atoms with Gasteiger partial charge in [0, 0.05) is 25.6 Å². The van der Waals surface area contributed by atoms with Gasteiger partial charge in [-0.25, -0.2) is 0 Å². The van der Waals surface area contributed by atoms with Gasteiger partial charge in [-0.15, -0.1) is 0 Å². The zero-order chi connectivity index (χ0) is 18.9. The fraction of sp³-hybridized carbons (Fsp3) is 0.304. The number of carbonyl (C=O) groups is 1. The van der Waals surface area contributed by atoms with Gasteiger partial charge in [-0.1, -0.05) is 48.5 Å². The third kappa shape index (κ3) is 3.02. The summed E-state index contributed by atoms with van der Waals surface area (Å²) >= 11 is 0. The van der Waals surface area contributed by atoms with Gasteiger partial charge in [-0.3, -0.25) is 9.89 Å². The Bertz CT molecular complexity index is 1040. The first-order chi connectivity index (χ1) is 13.8. The molecule has 28 heavy (non-hydrogen) atoms. The van der Waals surface area contributed by atoms with Crippen LogP contribution in [0.15, 0.2) is 54.7 Å². The molecule has 0 bridgehead atoms. The molecule has 5 heteroatoms. The van der Waals surface area contributed by atoms with E-state index in [4.69, 9.17) is 0 Å². The summed E-state index contributed by atoms with van der Waals surface area (Å²) in [4.78, 5) is 15.1. The number of amides is 1. The SMILES string of the molecule is O=C(c1cn[nH]c1C1CCCNC1)N1CC=C(c2cccc3ccccc23)C1. The van der Waals surface area contributed by atoms with Crippen molar-refractivity contribution in [2.24, 2.45) is 0 Å². The second kappa shape index (κ2) is 7.24. The van der Waals surface area contributed by atoms with E-state index in [1.807, 2.05) is 4.90 Å². The lowest BCUT2D eigenvalue weighted by Gasteiger charge is -2.23. The molecule has 5 rings (SSSR count). The number of fused-ring (bicyclic) bond motifs is 1. The van der Waals surface area contributed by atoms with Gasteiger partial charge < -0.3 is 10.2 Å². The smallest absolute Gasteiger partial charge is 0.257 e. The normalized spacial score (nSPS) is 19.8. The van der Waals surface area contributed by atoms with Gasteiger partial charge in [0.15, 0.2) is 0 Å². The van der Waals surface area contributed by atoms with Crippen LogP contribution in [0.2, 0.25) is 0 Å². The highest BCUT2D eigenvalue weighted by molar-refractivity contribution is 5.99. The molecule has 2 aliphatic heterocycles. The van der Waals surface area contributed by atoms with Gasteiger partial charge in [0.05, 0.1) is 17.5 Å². The first-order valence-electron chi connectivity index (χ1n) is 10.0. The lowest BCUT2D eigenvalue weighted by molar-refractivity contribution is 0.0800. The third-order valence-corrected chi connectivity index (χ3v) is 5.95. The minimum Gasteiger partial charge on any atom is -0.330 e. The number of benzene rings is 2. The van der Waals surface area contributed by atoms with Crippen LogP contribution in [0.25, 0.3) is 16.3 Å². The number of piperidine rings is 1. The predicted octanol–water partition coefficient (Wildman–Crippen LogP) is 3.57. The number of aromatic amines is 1. The van der Waals surface area contributed by atoms with E-state index in [0.29, 0.717) is 19.0 Å². The Morgan fingerprint density at radius 3 is 2.93 bits per heavy atom. The Kier molecular flexibility index (Phi) is 4.45. The molecular formula is C23H24N4O. The molecule has 1 atom stereocenters. The summed E-state index contributed by atoms with van der Waals surface area (Å²) in [6, 6.07) is 14.8. The minimum atomic E-state index is 0.0702. The molecule has 0 saturated carbocycles. The number of aromatic nitrogens is 2. The number of rotatable bonds is 3. The lowest BCUT2D eigenvalue weighted by atomic mass is 9.93. The van der Waals surface area contributed by atoms with Gasteiger partial charge in [-0.05, 0) is 41.3 Å². The second-order valence-electron chi connectivity index (χ2n) is 7.68. The molecule has 3 aromatic rings. The third-order valence-electron chi connectivity index (χ3n) is 5.95. The van der Waals surface area contributed by atoms with Gasteiger partial charge >= 0.3 is 0 Å². The Labute approximate surface area is 164 Å². The van der Waals surface area contributed by atoms with Crippen molar-refractivity contribution in [1.82, 2.24) is 20.4 Å². The molecule has 0 radical (unpaired) electrons. The molecular weight excluding hydrogens is 348 g/mol. The van der Waals surface area contributed by atoms with Crippen LogP contribution in [-0.4, -0.2) is 47.2 Å². The highest BCUT2D eigenvalue weighted by atomic mass is 16.2. The summed E-state index contributed by atoms with van der Waals surface area (Å²) in [5.41, 5.74) is 4.14. The van der Waals surface area contributed by atoms with Crippen LogP contribution >= 0.6 is 0 Å². The van der Waals surface area contributed by atoms with E-state index in [9.17, 15) is 4.79 Å². The molecule has 2 aliphatic rings. The summed E-state index contributed by atoms with van der Waals surface area (Å²) in [5.74, 6) is 0.407. The largest absolute Gasteiger partial charge is 0.330 e. The number of carbonyl (C=O) groups excluding carboxylic acids is 1. The molecule has 2 N–H and O–H groups in total. The highest BCUT2D eigenvalue weighted by Crippen LogP contribution is 2.30. The first-order valence-corrected chi connectivity index (χ1v) is 10.0. The van der Waals surface area contributed by atoms with Crippen molar-refractivity contribution in [3.8, 4) is 0 Å². The summed E-state index contributed by atoms with van der Waals surface area (Å²) in [5, 5.41) is 13.2. The van der Waals surface area contributed by atoms with Crippen LogP contribution in [0.1, 0.15) is 40.4 Å². The van der Waals surface area contributed by atoms with E-state index in [0.717, 1.165) is 37.2 Å². The van der Waals surface area contributed by atoms with E-state index in [2.05, 4.69) is 64.1 Å². The Balaban J connectivity index is 1.37. The topological polar surface area (TPSA) is 61.0 Å². The van der Waals surface area contributed by atoms with Gasteiger partial charge in [0.1, 0.15) is 0 Å². The van der Waals surface area contributed by atoms with Gasteiger partial charge in [0.2, 0.25) is 0 Å². The molecule has 3 heterocycles. The molecule has 1 saturated heterocycles. The van der Waals surface area contributed by atoms with Gasteiger partial charge in [0.25, 0.3) is 5.91 Å². The number of nitrogens with one attached hydrogen (secondary N) is 2. The van der Waals surface area contributed by atoms with Crippen LogP contribution < -0.4 is 5.32 Å². The van der Waals surface area contributed by atoms with Crippen molar-refractivity contribution in [3.63, 3.8) is 0 Å². The van der Waals surface area contributed by atoms with Crippen LogP contribution in [0, 0.1) is 0 Å². The molecule has 1 amide bonds. The summed E-state index contributed by atoms with van der Waals surface area (Å²) in [7, 11) is 0. The average molecular weight is 372 g/mol. The monoisotopic (exact) mass is 372 g/mol. The van der Waals surface area contributed by atoms with E-state index in [1.54, 1.807) is 6.20 Å². The molecule has 2 aromatic carbocycles. The molecule has 5 nitrogen and oxygen atoms in total.